The van der Waals surface area contributed by atoms with Gasteiger partial charge >= 0.3 is 6.18 Å². The number of carbonyl (C=O) groups is 1. The van der Waals surface area contributed by atoms with Crippen LogP contribution in [0.15, 0.2) is 65.8 Å². The summed E-state index contributed by atoms with van der Waals surface area (Å²) in [4.78, 5) is 22.0. The summed E-state index contributed by atoms with van der Waals surface area (Å²) < 4.78 is 83.5. The van der Waals surface area contributed by atoms with Gasteiger partial charge in [-0.2, -0.15) is 18.3 Å². The van der Waals surface area contributed by atoms with Crippen LogP contribution in [0.2, 0.25) is 0 Å². The normalized spacial score (nSPS) is 20.5. The molecule has 218 valence electrons. The average Bonchev–Trinajstić information content (AvgIpc) is 3.63. The van der Waals surface area contributed by atoms with Crippen LogP contribution in [-0.4, -0.2) is 49.0 Å². The zero-order chi connectivity index (χ0) is 29.9. The number of sulfone groups is 1. The smallest absolute Gasteiger partial charge is 0.291 e. The predicted molar refractivity (Wildman–Crippen MR) is 142 cm³/mol. The molecule has 0 spiro atoms. The standard InChI is InChI=1S/C28H24F4N6O3S/c1-2-37-16-34-26(36-37)42(40,41)22-9-3-18-11-24-17(14-35-38(24)21-7-5-20(29)6-8-21)12-27(18,13-22)25(39)23-10-4-19(15-33-23)28(30,31)32/h4-8,10-11,14-16,22H,2-3,9,12-13H2,1H3/t22-,27-/m0/s1. The number of alkyl halides is 3. The molecule has 2 atom stereocenters. The molecule has 4 aromatic rings. The van der Waals surface area contributed by atoms with Crippen LogP contribution >= 0.6 is 0 Å². The lowest BCUT2D eigenvalue weighted by Gasteiger charge is -2.43. The first-order valence-corrected chi connectivity index (χ1v) is 14.7. The number of allylic oxidation sites excluding steroid dienone is 1. The Kier molecular flexibility index (Phi) is 6.63. The molecular weight excluding hydrogens is 576 g/mol. The third-order valence-corrected chi connectivity index (χ3v) is 9.95. The number of ketones is 1. The van der Waals surface area contributed by atoms with E-state index >= 15 is 0 Å². The van der Waals surface area contributed by atoms with Crippen molar-refractivity contribution in [1.82, 2.24) is 29.5 Å². The number of aromatic nitrogens is 6. The van der Waals surface area contributed by atoms with E-state index in [0.717, 1.165) is 12.1 Å². The number of Topliss-reactive ketones (excluding diaryl/α,β-unsaturated/α-hetero) is 1. The average molecular weight is 601 g/mol. The maximum atomic E-state index is 14.2. The number of halogens is 4. The number of aryl methyl sites for hydroxylation is 1. The maximum absolute atomic E-state index is 14.2. The van der Waals surface area contributed by atoms with Crippen LogP contribution < -0.4 is 0 Å². The molecule has 1 fully saturated rings. The minimum Gasteiger partial charge on any atom is -0.291 e. The SMILES string of the molecule is CCn1cnc(S(=O)(=O)[C@H]2CCC3=Cc4c(cnn4-c4ccc(F)cc4)C[C@]3(C(=O)c3ccc(C(F)(F)F)cn3)C2)n1. The van der Waals surface area contributed by atoms with E-state index < -0.39 is 43.8 Å². The number of hydrogen-bond donors (Lipinski definition) is 0. The van der Waals surface area contributed by atoms with Gasteiger partial charge in [-0.3, -0.25) is 14.5 Å². The Bertz CT molecular complexity index is 1810. The van der Waals surface area contributed by atoms with Crippen LogP contribution in [0.25, 0.3) is 11.8 Å². The molecular formula is C28H24F4N6O3S. The maximum Gasteiger partial charge on any atom is 0.417 e. The molecule has 42 heavy (non-hydrogen) atoms. The molecule has 2 aliphatic carbocycles. The van der Waals surface area contributed by atoms with E-state index in [1.807, 2.05) is 0 Å². The van der Waals surface area contributed by atoms with Crippen LogP contribution in [0.1, 0.15) is 53.5 Å². The van der Waals surface area contributed by atoms with Gasteiger partial charge in [0.05, 0.1) is 33.8 Å². The zero-order valence-electron chi connectivity index (χ0n) is 22.2. The molecule has 0 saturated heterocycles. The lowest BCUT2D eigenvalue weighted by Crippen LogP contribution is -2.46. The largest absolute Gasteiger partial charge is 0.417 e. The van der Waals surface area contributed by atoms with Crippen LogP contribution in [0.3, 0.4) is 0 Å². The molecule has 9 nitrogen and oxygen atoms in total. The Hall–Kier alpha value is -4.20. The van der Waals surface area contributed by atoms with Crippen LogP contribution in [0, 0.1) is 11.2 Å². The number of pyridine rings is 1. The fraction of sp³-hybridized carbons (Fsp3) is 0.321. The molecule has 0 N–H and O–H groups in total. The highest BCUT2D eigenvalue weighted by molar-refractivity contribution is 7.91. The number of hydrogen-bond acceptors (Lipinski definition) is 7. The summed E-state index contributed by atoms with van der Waals surface area (Å²) in [5, 5.41) is 7.16. The first-order chi connectivity index (χ1) is 19.9. The molecule has 1 saturated carbocycles. The first kappa shape index (κ1) is 27.9. The number of fused-ring (bicyclic) bond motifs is 2. The van der Waals surface area contributed by atoms with Gasteiger partial charge in [0.25, 0.3) is 5.16 Å². The fourth-order valence-electron chi connectivity index (χ4n) is 5.77. The lowest BCUT2D eigenvalue weighted by molar-refractivity contribution is -0.137. The van der Waals surface area contributed by atoms with E-state index in [0.29, 0.717) is 35.3 Å². The van der Waals surface area contributed by atoms with E-state index in [4.69, 9.17) is 0 Å². The molecule has 3 aromatic heterocycles. The van der Waals surface area contributed by atoms with Gasteiger partial charge in [0, 0.05) is 12.7 Å². The second-order valence-corrected chi connectivity index (χ2v) is 12.5. The highest BCUT2D eigenvalue weighted by Crippen LogP contribution is 2.51. The molecule has 0 amide bonds. The molecule has 0 radical (unpaired) electrons. The van der Waals surface area contributed by atoms with Crippen LogP contribution in [0.5, 0.6) is 0 Å². The number of benzene rings is 1. The van der Waals surface area contributed by atoms with Crippen molar-refractivity contribution in [2.24, 2.45) is 5.41 Å². The Balaban J connectivity index is 1.44. The van der Waals surface area contributed by atoms with Crippen LogP contribution in [0.4, 0.5) is 17.6 Å². The topological polar surface area (TPSA) is 113 Å². The second-order valence-electron chi connectivity index (χ2n) is 10.4. The van der Waals surface area contributed by atoms with Gasteiger partial charge in [-0.05, 0) is 80.6 Å². The van der Waals surface area contributed by atoms with Crippen molar-refractivity contribution in [3.63, 3.8) is 0 Å². The first-order valence-electron chi connectivity index (χ1n) is 13.2. The third-order valence-electron chi connectivity index (χ3n) is 7.98. The van der Waals surface area contributed by atoms with Crippen LogP contribution in [-0.2, 0) is 29.0 Å². The number of carbonyl (C=O) groups excluding carboxylic acids is 1. The number of rotatable bonds is 6. The molecule has 14 heteroatoms. The molecule has 0 aliphatic heterocycles. The Morgan fingerprint density at radius 2 is 1.86 bits per heavy atom. The molecule has 6 rings (SSSR count). The molecule has 2 aliphatic rings. The molecule has 1 aromatic carbocycles. The quantitative estimate of drug-likeness (QED) is 0.229. The van der Waals surface area contributed by atoms with Crippen molar-refractivity contribution >= 4 is 21.7 Å². The van der Waals surface area contributed by atoms with Crippen molar-refractivity contribution in [2.45, 2.75) is 55.7 Å². The Morgan fingerprint density at radius 3 is 2.50 bits per heavy atom. The summed E-state index contributed by atoms with van der Waals surface area (Å²) in [5.41, 5.74) is -0.0922. The summed E-state index contributed by atoms with van der Waals surface area (Å²) in [6, 6.07) is 7.54. The van der Waals surface area contributed by atoms with E-state index in [2.05, 4.69) is 20.2 Å². The third kappa shape index (κ3) is 4.63. The van der Waals surface area contributed by atoms with Gasteiger partial charge in [0.1, 0.15) is 17.8 Å². The number of nitrogens with zero attached hydrogens (tertiary/aromatic N) is 6. The summed E-state index contributed by atoms with van der Waals surface area (Å²) in [6.45, 7) is 2.21. The molecule has 0 bridgehead atoms. The predicted octanol–water partition coefficient (Wildman–Crippen LogP) is 4.87. The van der Waals surface area contributed by atoms with Crippen molar-refractivity contribution in [3.05, 3.63) is 89.0 Å². The minimum atomic E-state index is -4.63. The Labute approximate surface area is 237 Å². The van der Waals surface area contributed by atoms with E-state index in [1.54, 1.807) is 36.0 Å². The fourth-order valence-corrected chi connectivity index (χ4v) is 7.41. The van der Waals surface area contributed by atoms with Crippen molar-refractivity contribution < 1.29 is 30.8 Å². The Morgan fingerprint density at radius 1 is 1.10 bits per heavy atom. The summed E-state index contributed by atoms with van der Waals surface area (Å²) in [5.74, 6) is -0.987. The van der Waals surface area contributed by atoms with E-state index in [-0.39, 0.29) is 36.5 Å². The summed E-state index contributed by atoms with van der Waals surface area (Å²) in [6.07, 6.45) is 0.962. The second kappa shape index (κ2) is 9.96. The van der Waals surface area contributed by atoms with E-state index in [1.165, 1.54) is 23.1 Å². The molecule has 3 heterocycles. The highest BCUT2D eigenvalue weighted by atomic mass is 32.2. The van der Waals surface area contributed by atoms with Gasteiger partial charge in [-0.25, -0.2) is 22.5 Å². The van der Waals surface area contributed by atoms with Crippen molar-refractivity contribution in [3.8, 4) is 5.69 Å². The van der Waals surface area contributed by atoms with Gasteiger partial charge in [-0.15, -0.1) is 5.10 Å². The molecule has 0 unspecified atom stereocenters. The minimum absolute atomic E-state index is 0.0553. The van der Waals surface area contributed by atoms with Gasteiger partial charge < -0.3 is 0 Å². The zero-order valence-corrected chi connectivity index (χ0v) is 23.0. The highest BCUT2D eigenvalue weighted by Gasteiger charge is 2.52. The van der Waals surface area contributed by atoms with Gasteiger partial charge in [0.15, 0.2) is 5.78 Å². The lowest BCUT2D eigenvalue weighted by atomic mass is 9.61. The van der Waals surface area contributed by atoms with Gasteiger partial charge in [-0.1, -0.05) is 5.57 Å². The summed E-state index contributed by atoms with van der Waals surface area (Å²) in [7, 11) is -4.05. The van der Waals surface area contributed by atoms with Crippen molar-refractivity contribution in [1.29, 1.82) is 0 Å². The summed E-state index contributed by atoms with van der Waals surface area (Å²) >= 11 is 0. The van der Waals surface area contributed by atoms with E-state index in [9.17, 15) is 30.8 Å². The van der Waals surface area contributed by atoms with Crippen molar-refractivity contribution in [2.75, 3.05) is 0 Å². The monoisotopic (exact) mass is 600 g/mol. The van der Waals surface area contributed by atoms with Gasteiger partial charge in [0.2, 0.25) is 9.84 Å².